The van der Waals surface area contributed by atoms with E-state index in [9.17, 15) is 21.6 Å². The lowest BCUT2D eigenvalue weighted by Gasteiger charge is -2.20. The number of rotatable bonds is 4. The summed E-state index contributed by atoms with van der Waals surface area (Å²) < 4.78 is 61.1. The maximum atomic E-state index is 12.4. The predicted octanol–water partition coefficient (Wildman–Crippen LogP) is 2.87. The van der Waals surface area contributed by atoms with Crippen molar-refractivity contribution in [3.05, 3.63) is 29.8 Å². The molecule has 0 aliphatic heterocycles. The van der Waals surface area contributed by atoms with Crippen molar-refractivity contribution in [2.24, 2.45) is 0 Å². The van der Waals surface area contributed by atoms with Gasteiger partial charge >= 0.3 is 6.18 Å². The molecule has 0 fully saturated rings. The molecule has 3 nitrogen and oxygen atoms in total. The van der Waals surface area contributed by atoms with Gasteiger partial charge < -0.3 is 5.32 Å². The van der Waals surface area contributed by atoms with Crippen LogP contribution in [-0.2, 0) is 16.0 Å². The van der Waals surface area contributed by atoms with E-state index >= 15 is 0 Å². The Morgan fingerprint density at radius 1 is 1.05 bits per heavy atom. The summed E-state index contributed by atoms with van der Waals surface area (Å²) in [6.07, 6.45) is -4.46. The number of hydrogen-bond donors (Lipinski definition) is 1. The first kappa shape index (κ1) is 17.0. The normalized spacial score (nSPS) is 13.5. The Kier molecular flexibility index (Phi) is 4.86. The van der Waals surface area contributed by atoms with Crippen LogP contribution in [0.1, 0.15) is 26.3 Å². The molecule has 0 atom stereocenters. The molecule has 0 aliphatic rings. The molecule has 0 amide bonds. The summed E-state index contributed by atoms with van der Waals surface area (Å²) >= 11 is 0. The van der Waals surface area contributed by atoms with Crippen LogP contribution >= 0.6 is 0 Å². The molecule has 1 aromatic rings. The highest BCUT2D eigenvalue weighted by Gasteiger charge is 2.30. The lowest BCUT2D eigenvalue weighted by atomic mass is 10.1. The maximum Gasteiger partial charge on any atom is 0.416 e. The minimum atomic E-state index is -4.46. The monoisotopic (exact) mass is 309 g/mol. The zero-order valence-electron chi connectivity index (χ0n) is 11.6. The molecule has 1 N–H and O–H groups in total. The second-order valence-electron chi connectivity index (χ2n) is 5.52. The number of halogens is 3. The van der Waals surface area contributed by atoms with E-state index in [1.807, 2.05) is 20.8 Å². The van der Waals surface area contributed by atoms with E-state index < -0.39 is 21.6 Å². The zero-order chi connectivity index (χ0) is 15.6. The minimum Gasteiger partial charge on any atom is -0.311 e. The van der Waals surface area contributed by atoms with Crippen LogP contribution in [0.15, 0.2) is 29.2 Å². The first-order valence-electron chi connectivity index (χ1n) is 6.07. The van der Waals surface area contributed by atoms with Crippen molar-refractivity contribution in [3.8, 4) is 0 Å². The zero-order valence-corrected chi connectivity index (χ0v) is 12.4. The maximum absolute atomic E-state index is 12.4. The fourth-order valence-corrected chi connectivity index (χ4v) is 2.69. The molecule has 1 aromatic carbocycles. The third-order valence-electron chi connectivity index (χ3n) is 2.57. The van der Waals surface area contributed by atoms with E-state index in [0.29, 0.717) is 0 Å². The van der Waals surface area contributed by atoms with Gasteiger partial charge in [-0.3, -0.25) is 0 Å². The van der Waals surface area contributed by atoms with Crippen LogP contribution < -0.4 is 5.32 Å². The molecule has 114 valence electrons. The van der Waals surface area contributed by atoms with Gasteiger partial charge in [-0.1, -0.05) is 0 Å². The molecule has 0 aliphatic carbocycles. The molecular formula is C13H18F3NO2S. The molecule has 0 heterocycles. The van der Waals surface area contributed by atoms with E-state index in [1.54, 1.807) is 0 Å². The van der Waals surface area contributed by atoms with Crippen LogP contribution in [0.5, 0.6) is 0 Å². The fourth-order valence-electron chi connectivity index (χ4n) is 1.53. The Balaban J connectivity index is 2.78. The summed E-state index contributed by atoms with van der Waals surface area (Å²) in [5, 5.41) is 3.02. The summed E-state index contributed by atoms with van der Waals surface area (Å²) in [6.45, 7) is 5.94. The van der Waals surface area contributed by atoms with Crippen molar-refractivity contribution in [3.63, 3.8) is 0 Å². The van der Waals surface area contributed by atoms with Crippen LogP contribution in [0.3, 0.4) is 0 Å². The van der Waals surface area contributed by atoms with Gasteiger partial charge in [-0.2, -0.15) is 13.2 Å². The molecule has 0 spiro atoms. The molecule has 0 saturated heterocycles. The number of alkyl halides is 3. The Morgan fingerprint density at radius 3 is 1.95 bits per heavy atom. The van der Waals surface area contributed by atoms with Crippen LogP contribution in [0.4, 0.5) is 13.2 Å². The molecule has 0 radical (unpaired) electrons. The highest BCUT2D eigenvalue weighted by molar-refractivity contribution is 7.91. The molecule has 0 bridgehead atoms. The third-order valence-corrected chi connectivity index (χ3v) is 4.30. The number of benzene rings is 1. The average Bonchev–Trinajstić information content (AvgIpc) is 2.26. The first-order chi connectivity index (χ1) is 8.92. The fraction of sp³-hybridized carbons (Fsp3) is 0.538. The van der Waals surface area contributed by atoms with Gasteiger partial charge in [-0.25, -0.2) is 8.42 Å². The van der Waals surface area contributed by atoms with Crippen LogP contribution in [-0.4, -0.2) is 26.3 Å². The SMILES string of the molecule is CC(C)(C)NCCS(=O)(=O)c1ccc(C(F)(F)F)cc1. The summed E-state index contributed by atoms with van der Waals surface area (Å²) in [6, 6.07) is 3.55. The van der Waals surface area contributed by atoms with Gasteiger partial charge in [-0.15, -0.1) is 0 Å². The minimum absolute atomic E-state index is 0.0961. The summed E-state index contributed by atoms with van der Waals surface area (Å²) in [5.74, 6) is -0.157. The summed E-state index contributed by atoms with van der Waals surface area (Å²) in [5.41, 5.74) is -1.07. The molecule has 0 saturated carbocycles. The van der Waals surface area contributed by atoms with Gasteiger partial charge in [0, 0.05) is 12.1 Å². The Labute approximate surface area is 117 Å². The van der Waals surface area contributed by atoms with Crippen LogP contribution in [0.2, 0.25) is 0 Å². The van der Waals surface area contributed by atoms with E-state index in [2.05, 4.69) is 5.32 Å². The largest absolute Gasteiger partial charge is 0.416 e. The van der Waals surface area contributed by atoms with Crippen LogP contribution in [0.25, 0.3) is 0 Å². The van der Waals surface area contributed by atoms with Gasteiger partial charge in [0.1, 0.15) is 0 Å². The van der Waals surface area contributed by atoms with Gasteiger partial charge in [0.2, 0.25) is 0 Å². The molecule has 0 aromatic heterocycles. The van der Waals surface area contributed by atoms with Crippen LogP contribution in [0, 0.1) is 0 Å². The standard InChI is InChI=1S/C13H18F3NO2S/c1-12(2,3)17-8-9-20(18,19)11-6-4-10(5-7-11)13(14,15)16/h4-7,17H,8-9H2,1-3H3. The van der Waals surface area contributed by atoms with Gasteiger partial charge in [-0.05, 0) is 45.0 Å². The molecule has 0 unspecified atom stereocenters. The molecular weight excluding hydrogens is 291 g/mol. The Morgan fingerprint density at radius 2 is 1.55 bits per heavy atom. The van der Waals surface area contributed by atoms with Crippen molar-refractivity contribution < 1.29 is 21.6 Å². The summed E-state index contributed by atoms with van der Waals surface area (Å²) in [4.78, 5) is -0.0961. The summed E-state index contributed by atoms with van der Waals surface area (Å²) in [7, 11) is -3.57. The molecule has 20 heavy (non-hydrogen) atoms. The van der Waals surface area contributed by atoms with Crippen molar-refractivity contribution in [2.75, 3.05) is 12.3 Å². The van der Waals surface area contributed by atoms with Crippen molar-refractivity contribution in [1.82, 2.24) is 5.32 Å². The molecule has 7 heteroatoms. The van der Waals surface area contributed by atoms with E-state index in [4.69, 9.17) is 0 Å². The lowest BCUT2D eigenvalue weighted by Crippen LogP contribution is -2.38. The Bertz CT molecular complexity index is 542. The first-order valence-corrected chi connectivity index (χ1v) is 7.72. The highest BCUT2D eigenvalue weighted by atomic mass is 32.2. The van der Waals surface area contributed by atoms with Crippen molar-refractivity contribution in [2.45, 2.75) is 37.4 Å². The quantitative estimate of drug-likeness (QED) is 0.930. The average molecular weight is 309 g/mol. The Hall–Kier alpha value is -1.08. The lowest BCUT2D eigenvalue weighted by molar-refractivity contribution is -0.137. The van der Waals surface area contributed by atoms with Gasteiger partial charge in [0.25, 0.3) is 0 Å². The molecule has 1 rings (SSSR count). The number of hydrogen-bond acceptors (Lipinski definition) is 3. The highest BCUT2D eigenvalue weighted by Crippen LogP contribution is 2.29. The van der Waals surface area contributed by atoms with Gasteiger partial charge in [0.05, 0.1) is 16.2 Å². The van der Waals surface area contributed by atoms with Crippen molar-refractivity contribution in [1.29, 1.82) is 0 Å². The second kappa shape index (κ2) is 5.73. The smallest absolute Gasteiger partial charge is 0.311 e. The number of nitrogens with one attached hydrogen (secondary N) is 1. The van der Waals surface area contributed by atoms with E-state index in [1.165, 1.54) is 0 Å². The van der Waals surface area contributed by atoms with Crippen molar-refractivity contribution >= 4 is 9.84 Å². The third kappa shape index (κ3) is 5.13. The van der Waals surface area contributed by atoms with E-state index in [0.717, 1.165) is 24.3 Å². The topological polar surface area (TPSA) is 46.2 Å². The number of sulfone groups is 1. The van der Waals surface area contributed by atoms with E-state index in [-0.39, 0.29) is 22.7 Å². The van der Waals surface area contributed by atoms with Gasteiger partial charge in [0.15, 0.2) is 9.84 Å². The predicted molar refractivity (Wildman–Crippen MR) is 71.3 cm³/mol. The second-order valence-corrected chi connectivity index (χ2v) is 7.63.